The van der Waals surface area contributed by atoms with Gasteiger partial charge in [0.25, 0.3) is 0 Å². The molecule has 0 spiro atoms. The SMILES string of the molecule is CCC(C)SCC(Cc1ccn(C(CC)CC)n1)NC. The minimum absolute atomic E-state index is 0.513. The van der Waals surface area contributed by atoms with E-state index in [1.807, 2.05) is 0 Å². The van der Waals surface area contributed by atoms with Crippen molar-refractivity contribution >= 4 is 11.8 Å². The standard InChI is InChI=1S/C16H31N3S/c1-6-13(4)20-12-15(17-5)11-14-9-10-19(18-14)16(7-2)8-3/h9-10,13,15-17H,6-8,11-12H2,1-5H3. The first kappa shape index (κ1) is 17.6. The summed E-state index contributed by atoms with van der Waals surface area (Å²) in [6.45, 7) is 9.02. The highest BCUT2D eigenvalue weighted by Gasteiger charge is 2.13. The van der Waals surface area contributed by atoms with Crippen LogP contribution in [0, 0.1) is 0 Å². The molecular formula is C16H31N3S. The molecule has 1 rings (SSSR count). The second-order valence-electron chi connectivity index (χ2n) is 5.50. The fourth-order valence-corrected chi connectivity index (χ4v) is 3.33. The molecule has 4 heteroatoms. The Morgan fingerprint density at radius 2 is 1.95 bits per heavy atom. The van der Waals surface area contributed by atoms with Crippen LogP contribution in [0.1, 0.15) is 58.7 Å². The molecule has 3 nitrogen and oxygen atoms in total. The first-order valence-electron chi connectivity index (χ1n) is 7.97. The Hall–Kier alpha value is -0.480. The molecule has 0 saturated heterocycles. The van der Waals surface area contributed by atoms with Gasteiger partial charge in [0.1, 0.15) is 0 Å². The predicted octanol–water partition coefficient (Wildman–Crippen LogP) is 3.91. The van der Waals surface area contributed by atoms with E-state index in [1.54, 1.807) is 0 Å². The lowest BCUT2D eigenvalue weighted by Crippen LogP contribution is -2.31. The topological polar surface area (TPSA) is 29.9 Å². The smallest absolute Gasteiger partial charge is 0.0640 e. The maximum absolute atomic E-state index is 4.75. The number of hydrogen-bond donors (Lipinski definition) is 1. The Balaban J connectivity index is 2.53. The fourth-order valence-electron chi connectivity index (χ4n) is 2.25. The predicted molar refractivity (Wildman–Crippen MR) is 90.6 cm³/mol. The molecule has 116 valence electrons. The third kappa shape index (κ3) is 5.49. The monoisotopic (exact) mass is 297 g/mol. The Labute approximate surface area is 128 Å². The van der Waals surface area contributed by atoms with E-state index in [9.17, 15) is 0 Å². The molecule has 1 heterocycles. The number of likely N-dealkylation sites (N-methyl/N-ethyl adjacent to an activating group) is 1. The van der Waals surface area contributed by atoms with Gasteiger partial charge in [-0.15, -0.1) is 0 Å². The highest BCUT2D eigenvalue weighted by Crippen LogP contribution is 2.18. The summed E-state index contributed by atoms with van der Waals surface area (Å²) in [5.74, 6) is 1.16. The molecule has 0 fully saturated rings. The fraction of sp³-hybridized carbons (Fsp3) is 0.812. The molecule has 0 radical (unpaired) electrons. The van der Waals surface area contributed by atoms with Crippen molar-refractivity contribution < 1.29 is 0 Å². The van der Waals surface area contributed by atoms with Crippen molar-refractivity contribution in [3.05, 3.63) is 18.0 Å². The van der Waals surface area contributed by atoms with Crippen LogP contribution < -0.4 is 5.32 Å². The van der Waals surface area contributed by atoms with Crippen molar-refractivity contribution in [2.75, 3.05) is 12.8 Å². The number of nitrogens with one attached hydrogen (secondary N) is 1. The zero-order chi connectivity index (χ0) is 15.0. The number of aromatic nitrogens is 2. The Kier molecular flexibility index (Phi) is 8.31. The third-order valence-corrected chi connectivity index (χ3v) is 5.50. The molecule has 1 N–H and O–H groups in total. The molecule has 20 heavy (non-hydrogen) atoms. The average molecular weight is 298 g/mol. The summed E-state index contributed by atoms with van der Waals surface area (Å²) in [7, 11) is 2.06. The quantitative estimate of drug-likeness (QED) is 0.710. The molecular weight excluding hydrogens is 266 g/mol. The molecule has 0 aliphatic rings. The largest absolute Gasteiger partial charge is 0.316 e. The second kappa shape index (κ2) is 9.46. The van der Waals surface area contributed by atoms with Crippen LogP contribution >= 0.6 is 11.8 Å². The summed E-state index contributed by atoms with van der Waals surface area (Å²) >= 11 is 2.05. The molecule has 0 aliphatic carbocycles. The van der Waals surface area contributed by atoms with Crippen LogP contribution in [0.2, 0.25) is 0 Å². The highest BCUT2D eigenvalue weighted by molar-refractivity contribution is 7.99. The molecule has 0 saturated carbocycles. The normalized spacial score (nSPS) is 14.7. The van der Waals surface area contributed by atoms with E-state index in [2.05, 4.69) is 68.8 Å². The van der Waals surface area contributed by atoms with Crippen molar-refractivity contribution in [1.82, 2.24) is 15.1 Å². The van der Waals surface area contributed by atoms with E-state index in [4.69, 9.17) is 5.10 Å². The molecule has 0 amide bonds. The summed E-state index contributed by atoms with van der Waals surface area (Å²) in [6.07, 6.45) is 6.70. The minimum atomic E-state index is 0.513. The molecule has 1 aromatic rings. The van der Waals surface area contributed by atoms with Gasteiger partial charge in [-0.1, -0.05) is 27.7 Å². The van der Waals surface area contributed by atoms with Crippen LogP contribution in [-0.2, 0) is 6.42 Å². The van der Waals surface area contributed by atoms with Gasteiger partial charge in [0.2, 0.25) is 0 Å². The van der Waals surface area contributed by atoms with Gasteiger partial charge >= 0.3 is 0 Å². The molecule has 0 bridgehead atoms. The van der Waals surface area contributed by atoms with Crippen LogP contribution in [0.15, 0.2) is 12.3 Å². The lowest BCUT2D eigenvalue weighted by Gasteiger charge is -2.17. The third-order valence-electron chi connectivity index (χ3n) is 4.00. The number of thioether (sulfide) groups is 1. The van der Waals surface area contributed by atoms with Gasteiger partial charge in [-0.2, -0.15) is 16.9 Å². The minimum Gasteiger partial charge on any atom is -0.316 e. The van der Waals surface area contributed by atoms with Crippen LogP contribution in [-0.4, -0.2) is 33.9 Å². The van der Waals surface area contributed by atoms with E-state index in [0.29, 0.717) is 12.1 Å². The van der Waals surface area contributed by atoms with Crippen LogP contribution in [0.5, 0.6) is 0 Å². The Bertz CT molecular complexity index is 360. The summed E-state index contributed by atoms with van der Waals surface area (Å²) in [5.41, 5.74) is 1.21. The number of hydrogen-bond acceptors (Lipinski definition) is 3. The lowest BCUT2D eigenvalue weighted by atomic mass is 10.2. The first-order chi connectivity index (χ1) is 9.64. The number of nitrogens with zero attached hydrogens (tertiary/aromatic N) is 2. The summed E-state index contributed by atoms with van der Waals surface area (Å²) in [4.78, 5) is 0. The molecule has 1 aromatic heterocycles. The zero-order valence-corrected chi connectivity index (χ0v) is 14.5. The van der Waals surface area contributed by atoms with Gasteiger partial charge in [-0.3, -0.25) is 4.68 Å². The second-order valence-corrected chi connectivity index (χ2v) is 6.97. The highest BCUT2D eigenvalue weighted by atomic mass is 32.2. The zero-order valence-electron chi connectivity index (χ0n) is 13.7. The van der Waals surface area contributed by atoms with Gasteiger partial charge in [0.05, 0.1) is 11.7 Å². The average Bonchev–Trinajstić information content (AvgIpc) is 2.92. The molecule has 2 atom stereocenters. The van der Waals surface area contributed by atoms with E-state index < -0.39 is 0 Å². The maximum atomic E-state index is 4.75. The maximum Gasteiger partial charge on any atom is 0.0640 e. The van der Waals surface area contributed by atoms with Gasteiger partial charge in [0.15, 0.2) is 0 Å². The molecule has 0 aliphatic heterocycles. The van der Waals surface area contributed by atoms with Crippen molar-refractivity contribution in [2.24, 2.45) is 0 Å². The van der Waals surface area contributed by atoms with E-state index in [-0.39, 0.29) is 0 Å². The van der Waals surface area contributed by atoms with Crippen molar-refractivity contribution in [2.45, 2.75) is 70.7 Å². The summed E-state index contributed by atoms with van der Waals surface area (Å²) < 4.78 is 2.14. The van der Waals surface area contributed by atoms with E-state index in [1.165, 1.54) is 12.1 Å². The van der Waals surface area contributed by atoms with Crippen LogP contribution in [0.3, 0.4) is 0 Å². The Morgan fingerprint density at radius 3 is 2.50 bits per heavy atom. The van der Waals surface area contributed by atoms with Gasteiger partial charge < -0.3 is 5.32 Å². The molecule has 2 unspecified atom stereocenters. The van der Waals surface area contributed by atoms with Gasteiger partial charge in [0, 0.05) is 29.7 Å². The van der Waals surface area contributed by atoms with Gasteiger partial charge in [-0.05, 0) is 32.4 Å². The van der Waals surface area contributed by atoms with Crippen LogP contribution in [0.25, 0.3) is 0 Å². The summed E-state index contributed by atoms with van der Waals surface area (Å²) in [6, 6.07) is 3.24. The van der Waals surface area contributed by atoms with Crippen molar-refractivity contribution in [3.8, 4) is 0 Å². The first-order valence-corrected chi connectivity index (χ1v) is 9.02. The lowest BCUT2D eigenvalue weighted by molar-refractivity contribution is 0.424. The Morgan fingerprint density at radius 1 is 1.25 bits per heavy atom. The van der Waals surface area contributed by atoms with E-state index >= 15 is 0 Å². The van der Waals surface area contributed by atoms with Crippen LogP contribution in [0.4, 0.5) is 0 Å². The molecule has 0 aromatic carbocycles. The van der Waals surface area contributed by atoms with Crippen molar-refractivity contribution in [1.29, 1.82) is 0 Å². The van der Waals surface area contributed by atoms with Crippen molar-refractivity contribution in [3.63, 3.8) is 0 Å². The van der Waals surface area contributed by atoms with E-state index in [0.717, 1.165) is 30.3 Å². The van der Waals surface area contributed by atoms with Gasteiger partial charge in [-0.25, -0.2) is 0 Å². The number of rotatable bonds is 10. The summed E-state index contributed by atoms with van der Waals surface area (Å²) in [5, 5.41) is 8.92.